The van der Waals surface area contributed by atoms with Crippen molar-refractivity contribution in [3.05, 3.63) is 64.7 Å². The number of carbonyl (C=O) groups is 1. The highest BCUT2D eigenvalue weighted by molar-refractivity contribution is 7.98. The Morgan fingerprint density at radius 1 is 1.05 bits per heavy atom. The van der Waals surface area contributed by atoms with E-state index in [1.165, 1.54) is 23.9 Å². The first-order valence-electron chi connectivity index (χ1n) is 6.07. The van der Waals surface area contributed by atoms with Gasteiger partial charge < -0.3 is 4.74 Å². The molecule has 0 atom stereocenters. The summed E-state index contributed by atoms with van der Waals surface area (Å²) in [4.78, 5) is 12.7. The Kier molecular flexibility index (Phi) is 5.07. The topological polar surface area (TPSA) is 26.3 Å². The number of hydrogen-bond acceptors (Lipinski definition) is 3. The normalized spacial score (nSPS) is 10.6. The predicted molar refractivity (Wildman–Crippen MR) is 73.6 cm³/mol. The molecule has 0 unspecified atom stereocenters. The maximum atomic E-state index is 13.4. The molecular weight excluding hydrogens is 320 g/mol. The molecule has 2 nitrogen and oxygen atoms in total. The minimum atomic E-state index is -1.93. The van der Waals surface area contributed by atoms with Gasteiger partial charge in [0.2, 0.25) is 0 Å². The fourth-order valence-electron chi connectivity index (χ4n) is 1.68. The lowest BCUT2D eigenvalue weighted by Crippen LogP contribution is -2.08. The van der Waals surface area contributed by atoms with Crippen molar-refractivity contribution in [1.82, 2.24) is 0 Å². The highest BCUT2D eigenvalue weighted by Gasteiger charge is 2.19. The number of rotatable bonds is 4. The first-order valence-corrected chi connectivity index (χ1v) is 7.29. The van der Waals surface area contributed by atoms with Gasteiger partial charge >= 0.3 is 5.97 Å². The molecule has 0 bridgehead atoms. The second kappa shape index (κ2) is 6.83. The molecule has 0 aliphatic carbocycles. The summed E-state index contributed by atoms with van der Waals surface area (Å²) in [5.41, 5.74) is -0.369. The molecule has 0 aliphatic heterocycles. The molecule has 0 aromatic heterocycles. The molecule has 0 aliphatic rings. The van der Waals surface area contributed by atoms with Gasteiger partial charge in [-0.05, 0) is 36.6 Å². The Balaban J connectivity index is 2.11. The van der Waals surface area contributed by atoms with Crippen LogP contribution in [0.1, 0.15) is 15.9 Å². The number of benzene rings is 2. The van der Waals surface area contributed by atoms with Crippen molar-refractivity contribution in [3.63, 3.8) is 0 Å². The third-order valence-electron chi connectivity index (χ3n) is 2.86. The molecule has 0 amide bonds. The Morgan fingerprint density at radius 2 is 1.68 bits per heavy atom. The first kappa shape index (κ1) is 16.4. The Hall–Kier alpha value is -2.02. The fraction of sp³-hybridized carbons (Fsp3) is 0.133. The van der Waals surface area contributed by atoms with E-state index in [0.717, 1.165) is 4.90 Å². The molecule has 0 fully saturated rings. The molecule has 0 radical (unpaired) electrons. The van der Waals surface area contributed by atoms with Crippen LogP contribution in [0.25, 0.3) is 0 Å². The molecule has 7 heteroatoms. The first-order chi connectivity index (χ1) is 10.4. The highest BCUT2D eigenvalue weighted by atomic mass is 32.2. The van der Waals surface area contributed by atoms with Gasteiger partial charge in [-0.1, -0.05) is 0 Å². The molecule has 0 saturated heterocycles. The molecule has 2 aromatic rings. The molecule has 0 N–H and O–H groups in total. The highest BCUT2D eigenvalue weighted by Crippen LogP contribution is 2.20. The average molecular weight is 330 g/mol. The monoisotopic (exact) mass is 330 g/mol. The number of esters is 1. The molecule has 0 spiro atoms. The zero-order valence-electron chi connectivity index (χ0n) is 11.3. The van der Waals surface area contributed by atoms with Crippen LogP contribution in [0, 0.1) is 23.3 Å². The Labute approximate surface area is 128 Å². The van der Waals surface area contributed by atoms with E-state index in [-0.39, 0.29) is 5.56 Å². The minimum Gasteiger partial charge on any atom is -0.457 e. The molecule has 22 heavy (non-hydrogen) atoms. The average Bonchev–Trinajstić information content (AvgIpc) is 2.54. The summed E-state index contributed by atoms with van der Waals surface area (Å²) in [6.45, 7) is -0.705. The van der Waals surface area contributed by atoms with Gasteiger partial charge in [0, 0.05) is 10.5 Å². The van der Waals surface area contributed by atoms with E-state index in [0.29, 0.717) is 6.07 Å². The number of halogens is 4. The lowest BCUT2D eigenvalue weighted by atomic mass is 10.2. The van der Waals surface area contributed by atoms with Crippen molar-refractivity contribution in [1.29, 1.82) is 0 Å². The SMILES string of the molecule is CSc1ccc(C(=O)OCc2cc(F)c(F)c(F)c2F)cc1. The van der Waals surface area contributed by atoms with Crippen molar-refractivity contribution in [2.45, 2.75) is 11.5 Å². The minimum absolute atomic E-state index is 0.210. The van der Waals surface area contributed by atoms with Crippen molar-refractivity contribution >= 4 is 17.7 Å². The maximum Gasteiger partial charge on any atom is 0.338 e. The Morgan fingerprint density at radius 3 is 2.27 bits per heavy atom. The van der Waals surface area contributed by atoms with Gasteiger partial charge in [0.1, 0.15) is 6.61 Å². The van der Waals surface area contributed by atoms with E-state index in [1.54, 1.807) is 12.1 Å². The summed E-state index contributed by atoms with van der Waals surface area (Å²) in [5, 5.41) is 0. The van der Waals surface area contributed by atoms with Gasteiger partial charge in [-0.2, -0.15) is 0 Å². The second-order valence-electron chi connectivity index (χ2n) is 4.26. The van der Waals surface area contributed by atoms with Crippen molar-refractivity contribution in [2.75, 3.05) is 6.26 Å². The second-order valence-corrected chi connectivity index (χ2v) is 5.14. The summed E-state index contributed by atoms with van der Waals surface area (Å²) in [6, 6.07) is 6.86. The summed E-state index contributed by atoms with van der Waals surface area (Å²) in [6.07, 6.45) is 1.87. The van der Waals surface area contributed by atoms with E-state index in [2.05, 4.69) is 0 Å². The number of carbonyl (C=O) groups excluding carboxylic acids is 1. The van der Waals surface area contributed by atoms with E-state index in [1.807, 2.05) is 6.26 Å². The largest absolute Gasteiger partial charge is 0.457 e. The number of thioether (sulfide) groups is 1. The smallest absolute Gasteiger partial charge is 0.338 e. The lowest BCUT2D eigenvalue weighted by molar-refractivity contribution is 0.0467. The van der Waals surface area contributed by atoms with Crippen molar-refractivity contribution in [3.8, 4) is 0 Å². The van der Waals surface area contributed by atoms with E-state index in [9.17, 15) is 22.4 Å². The van der Waals surface area contributed by atoms with Crippen LogP contribution in [-0.2, 0) is 11.3 Å². The Bertz CT molecular complexity index is 702. The zero-order chi connectivity index (χ0) is 16.3. The molecule has 2 aromatic carbocycles. The van der Waals surface area contributed by atoms with Gasteiger partial charge in [0.25, 0.3) is 0 Å². The van der Waals surface area contributed by atoms with Gasteiger partial charge in [-0.3, -0.25) is 0 Å². The third kappa shape index (κ3) is 3.41. The van der Waals surface area contributed by atoms with Gasteiger partial charge in [-0.25, -0.2) is 22.4 Å². The molecule has 0 heterocycles. The molecular formula is C15H10F4O2S. The number of hydrogen-bond donors (Lipinski definition) is 0. The van der Waals surface area contributed by atoms with Crippen LogP contribution < -0.4 is 0 Å². The van der Waals surface area contributed by atoms with Gasteiger partial charge in [0.15, 0.2) is 23.3 Å². The zero-order valence-corrected chi connectivity index (χ0v) is 12.1. The molecule has 0 saturated carbocycles. The van der Waals surface area contributed by atoms with E-state index < -0.39 is 41.4 Å². The summed E-state index contributed by atoms with van der Waals surface area (Å²) in [7, 11) is 0. The van der Waals surface area contributed by atoms with Crippen LogP contribution in [-0.4, -0.2) is 12.2 Å². The van der Waals surface area contributed by atoms with Crippen molar-refractivity contribution in [2.24, 2.45) is 0 Å². The van der Waals surface area contributed by atoms with Gasteiger partial charge in [0.05, 0.1) is 5.56 Å². The summed E-state index contributed by atoms with van der Waals surface area (Å²) >= 11 is 1.49. The van der Waals surface area contributed by atoms with Crippen LogP contribution in [0.4, 0.5) is 17.6 Å². The number of ether oxygens (including phenoxy) is 1. The maximum absolute atomic E-state index is 13.4. The molecule has 116 valence electrons. The van der Waals surface area contributed by atoms with Crippen molar-refractivity contribution < 1.29 is 27.1 Å². The lowest BCUT2D eigenvalue weighted by Gasteiger charge is -2.08. The van der Waals surface area contributed by atoms with E-state index >= 15 is 0 Å². The third-order valence-corrected chi connectivity index (χ3v) is 3.61. The van der Waals surface area contributed by atoms with Crippen LogP contribution >= 0.6 is 11.8 Å². The summed E-state index contributed by atoms with van der Waals surface area (Å²) < 4.78 is 57.1. The van der Waals surface area contributed by atoms with Gasteiger partial charge in [-0.15, -0.1) is 11.8 Å². The predicted octanol–water partition coefficient (Wildman–Crippen LogP) is 4.32. The van der Waals surface area contributed by atoms with Crippen LogP contribution in [0.15, 0.2) is 35.2 Å². The summed E-state index contributed by atoms with van der Waals surface area (Å²) in [5.74, 6) is -7.74. The van der Waals surface area contributed by atoms with Crippen LogP contribution in [0.3, 0.4) is 0 Å². The quantitative estimate of drug-likeness (QED) is 0.275. The molecule has 2 rings (SSSR count). The van der Waals surface area contributed by atoms with E-state index in [4.69, 9.17) is 4.74 Å². The standard InChI is InChI=1S/C15H10F4O2S/c1-22-10-4-2-8(3-5-10)15(20)21-7-9-6-11(16)13(18)14(19)12(9)17/h2-6H,7H2,1H3. The van der Waals surface area contributed by atoms with Crippen LogP contribution in [0.5, 0.6) is 0 Å². The van der Waals surface area contributed by atoms with Crippen LogP contribution in [0.2, 0.25) is 0 Å². The fourth-order valence-corrected chi connectivity index (χ4v) is 2.09.